The molecule has 1 unspecified atom stereocenters. The molecule has 1 heterocycles. The molecule has 0 saturated carbocycles. The third-order valence-electron chi connectivity index (χ3n) is 3.27. The number of benzene rings is 1. The summed E-state index contributed by atoms with van der Waals surface area (Å²) in [5.74, 6) is 2.04. The maximum atomic E-state index is 5.98. The van der Waals surface area contributed by atoms with Crippen LogP contribution in [-0.4, -0.2) is 16.2 Å². The van der Waals surface area contributed by atoms with Gasteiger partial charge in [-0.1, -0.05) is 31.1 Å². The van der Waals surface area contributed by atoms with Gasteiger partial charge in [0.15, 0.2) is 12.4 Å². The summed E-state index contributed by atoms with van der Waals surface area (Å²) < 4.78 is 10.8. The molecule has 1 aromatic carbocycles. The van der Waals surface area contributed by atoms with Crippen LogP contribution in [0.25, 0.3) is 0 Å². The lowest BCUT2D eigenvalue weighted by molar-refractivity contribution is 0.242. The van der Waals surface area contributed by atoms with E-state index in [0.717, 1.165) is 37.3 Å². The second-order valence-corrected chi connectivity index (χ2v) is 5.16. The van der Waals surface area contributed by atoms with Gasteiger partial charge in [0.1, 0.15) is 5.75 Å². The summed E-state index contributed by atoms with van der Waals surface area (Å²) in [5, 5.41) is 3.90. The Bertz CT molecular complexity index is 554. The largest absolute Gasteiger partial charge is 0.484 e. The van der Waals surface area contributed by atoms with Gasteiger partial charge in [-0.15, -0.1) is 0 Å². The van der Waals surface area contributed by atoms with Crippen molar-refractivity contribution in [3.63, 3.8) is 0 Å². The topological polar surface area (TPSA) is 74.2 Å². The van der Waals surface area contributed by atoms with Crippen LogP contribution in [0.4, 0.5) is 0 Å². The lowest BCUT2D eigenvalue weighted by Gasteiger charge is -2.10. The molecule has 0 aliphatic carbocycles. The predicted octanol–water partition coefficient (Wildman–Crippen LogP) is 2.88. The predicted molar refractivity (Wildman–Crippen MR) is 81.0 cm³/mol. The zero-order valence-corrected chi connectivity index (χ0v) is 12.7. The van der Waals surface area contributed by atoms with Gasteiger partial charge in [0, 0.05) is 12.5 Å². The Kier molecular flexibility index (Phi) is 5.75. The number of rotatable bonds is 8. The molecule has 2 N–H and O–H groups in total. The fraction of sp³-hybridized carbons (Fsp3) is 0.500. The summed E-state index contributed by atoms with van der Waals surface area (Å²) in [7, 11) is 0. The minimum atomic E-state index is 0.188. The SMILES string of the molecule is CCCc1noc(COc2cccc(CC(N)CC)c2)n1. The molecule has 1 aromatic heterocycles. The van der Waals surface area contributed by atoms with Gasteiger partial charge in [0.05, 0.1) is 0 Å². The number of aryl methyl sites for hydroxylation is 1. The van der Waals surface area contributed by atoms with E-state index < -0.39 is 0 Å². The van der Waals surface area contributed by atoms with E-state index in [0.29, 0.717) is 12.5 Å². The summed E-state index contributed by atoms with van der Waals surface area (Å²) in [6.45, 7) is 4.47. The summed E-state index contributed by atoms with van der Waals surface area (Å²) in [5.41, 5.74) is 7.16. The van der Waals surface area contributed by atoms with Gasteiger partial charge in [-0.25, -0.2) is 0 Å². The molecule has 21 heavy (non-hydrogen) atoms. The molecule has 5 heteroatoms. The summed E-state index contributed by atoms with van der Waals surface area (Å²) in [6.07, 6.45) is 3.65. The van der Waals surface area contributed by atoms with Gasteiger partial charge in [0.2, 0.25) is 0 Å². The fourth-order valence-electron chi connectivity index (χ4n) is 2.03. The van der Waals surface area contributed by atoms with Crippen molar-refractivity contribution < 1.29 is 9.26 Å². The smallest absolute Gasteiger partial charge is 0.264 e. The number of ether oxygens (including phenoxy) is 1. The van der Waals surface area contributed by atoms with Crippen LogP contribution in [0.1, 0.15) is 44.0 Å². The molecule has 0 aliphatic heterocycles. The third kappa shape index (κ3) is 4.86. The Morgan fingerprint density at radius 1 is 1.33 bits per heavy atom. The first-order chi connectivity index (χ1) is 10.2. The Balaban J connectivity index is 1.91. The zero-order chi connectivity index (χ0) is 15.1. The zero-order valence-electron chi connectivity index (χ0n) is 12.7. The minimum Gasteiger partial charge on any atom is -0.484 e. The quantitative estimate of drug-likeness (QED) is 0.808. The fourth-order valence-corrected chi connectivity index (χ4v) is 2.03. The van der Waals surface area contributed by atoms with Crippen molar-refractivity contribution in [1.82, 2.24) is 10.1 Å². The van der Waals surface area contributed by atoms with Crippen molar-refractivity contribution in [3.05, 3.63) is 41.5 Å². The number of aromatic nitrogens is 2. The minimum absolute atomic E-state index is 0.188. The average molecular weight is 289 g/mol. The Hall–Kier alpha value is -1.88. The van der Waals surface area contributed by atoms with Crippen LogP contribution >= 0.6 is 0 Å². The molecule has 2 rings (SSSR count). The van der Waals surface area contributed by atoms with Crippen molar-refractivity contribution in [2.45, 2.75) is 52.2 Å². The monoisotopic (exact) mass is 289 g/mol. The number of hydrogen-bond donors (Lipinski definition) is 1. The number of hydrogen-bond acceptors (Lipinski definition) is 5. The van der Waals surface area contributed by atoms with Gasteiger partial charge in [-0.3, -0.25) is 0 Å². The lowest BCUT2D eigenvalue weighted by atomic mass is 10.0. The van der Waals surface area contributed by atoms with Gasteiger partial charge in [0.25, 0.3) is 5.89 Å². The summed E-state index contributed by atoms with van der Waals surface area (Å²) in [4.78, 5) is 4.28. The molecule has 0 saturated heterocycles. The molecule has 114 valence electrons. The van der Waals surface area contributed by atoms with Gasteiger partial charge in [-0.2, -0.15) is 4.98 Å². The van der Waals surface area contributed by atoms with Crippen LogP contribution in [-0.2, 0) is 19.4 Å². The molecule has 0 fully saturated rings. The average Bonchev–Trinajstić information content (AvgIpc) is 2.93. The molecule has 5 nitrogen and oxygen atoms in total. The molecule has 0 bridgehead atoms. The van der Waals surface area contributed by atoms with Crippen molar-refractivity contribution in [2.24, 2.45) is 5.73 Å². The van der Waals surface area contributed by atoms with E-state index in [4.69, 9.17) is 15.0 Å². The van der Waals surface area contributed by atoms with Gasteiger partial charge < -0.3 is 15.0 Å². The van der Waals surface area contributed by atoms with E-state index in [1.54, 1.807) is 0 Å². The molecule has 1 atom stereocenters. The number of nitrogens with two attached hydrogens (primary N) is 1. The van der Waals surface area contributed by atoms with Crippen LogP contribution in [0.2, 0.25) is 0 Å². The van der Waals surface area contributed by atoms with Crippen LogP contribution < -0.4 is 10.5 Å². The van der Waals surface area contributed by atoms with Gasteiger partial charge >= 0.3 is 0 Å². The van der Waals surface area contributed by atoms with E-state index in [9.17, 15) is 0 Å². The molecular formula is C16H23N3O2. The Labute approximate surface area is 125 Å². The van der Waals surface area contributed by atoms with Crippen molar-refractivity contribution in [3.8, 4) is 5.75 Å². The molecule has 0 amide bonds. The highest BCUT2D eigenvalue weighted by molar-refractivity contribution is 5.29. The summed E-state index contributed by atoms with van der Waals surface area (Å²) in [6, 6.07) is 8.16. The number of nitrogens with zero attached hydrogens (tertiary/aromatic N) is 2. The Morgan fingerprint density at radius 3 is 2.95 bits per heavy atom. The normalized spacial score (nSPS) is 12.3. The van der Waals surface area contributed by atoms with E-state index in [1.165, 1.54) is 5.56 Å². The highest BCUT2D eigenvalue weighted by Gasteiger charge is 2.07. The van der Waals surface area contributed by atoms with Crippen LogP contribution in [0.5, 0.6) is 5.75 Å². The second-order valence-electron chi connectivity index (χ2n) is 5.16. The highest BCUT2D eigenvalue weighted by atomic mass is 16.5. The van der Waals surface area contributed by atoms with Crippen molar-refractivity contribution in [1.29, 1.82) is 0 Å². The third-order valence-corrected chi connectivity index (χ3v) is 3.27. The van der Waals surface area contributed by atoms with Crippen molar-refractivity contribution >= 4 is 0 Å². The summed E-state index contributed by atoms with van der Waals surface area (Å²) >= 11 is 0. The second kappa shape index (κ2) is 7.78. The molecule has 0 radical (unpaired) electrons. The van der Waals surface area contributed by atoms with E-state index in [-0.39, 0.29) is 6.04 Å². The molecular weight excluding hydrogens is 266 g/mol. The maximum Gasteiger partial charge on any atom is 0.264 e. The molecule has 2 aromatic rings. The molecule has 0 aliphatic rings. The lowest BCUT2D eigenvalue weighted by Crippen LogP contribution is -2.21. The van der Waals surface area contributed by atoms with Crippen LogP contribution in [0.3, 0.4) is 0 Å². The highest BCUT2D eigenvalue weighted by Crippen LogP contribution is 2.16. The van der Waals surface area contributed by atoms with Crippen LogP contribution in [0, 0.1) is 0 Å². The first kappa shape index (κ1) is 15.5. The van der Waals surface area contributed by atoms with Gasteiger partial charge in [-0.05, 0) is 37.0 Å². The first-order valence-corrected chi connectivity index (χ1v) is 7.50. The van der Waals surface area contributed by atoms with E-state index in [1.807, 2.05) is 18.2 Å². The van der Waals surface area contributed by atoms with E-state index >= 15 is 0 Å². The van der Waals surface area contributed by atoms with E-state index in [2.05, 4.69) is 30.1 Å². The Morgan fingerprint density at radius 2 is 2.19 bits per heavy atom. The molecule has 0 spiro atoms. The first-order valence-electron chi connectivity index (χ1n) is 7.50. The van der Waals surface area contributed by atoms with Crippen LogP contribution in [0.15, 0.2) is 28.8 Å². The standard InChI is InChI=1S/C16H23N3O2/c1-3-6-15-18-16(21-19-15)11-20-14-8-5-7-12(10-14)9-13(17)4-2/h5,7-8,10,13H,3-4,6,9,11,17H2,1-2H3. The van der Waals surface area contributed by atoms with Crippen molar-refractivity contribution in [2.75, 3.05) is 0 Å². The maximum absolute atomic E-state index is 5.98.